The van der Waals surface area contributed by atoms with Gasteiger partial charge in [-0.1, -0.05) is 28.6 Å². The lowest BCUT2D eigenvalue weighted by atomic mass is 9.95. The van der Waals surface area contributed by atoms with Crippen LogP contribution in [-0.4, -0.2) is 51.5 Å². The van der Waals surface area contributed by atoms with Crippen LogP contribution in [0.3, 0.4) is 0 Å². The Labute approximate surface area is 206 Å². The molecule has 35 heavy (non-hydrogen) atoms. The van der Waals surface area contributed by atoms with Crippen LogP contribution in [0.2, 0.25) is 0 Å². The average molecular weight is 492 g/mol. The van der Waals surface area contributed by atoms with Gasteiger partial charge >= 0.3 is 0 Å². The molecule has 2 aromatic carbocycles. The second-order valence-electron chi connectivity index (χ2n) is 8.35. The Bertz CT molecular complexity index is 1360. The van der Waals surface area contributed by atoms with E-state index in [1.807, 2.05) is 37.3 Å². The fourth-order valence-electron chi connectivity index (χ4n) is 4.13. The van der Waals surface area contributed by atoms with Crippen molar-refractivity contribution in [2.45, 2.75) is 26.7 Å². The predicted octanol–water partition coefficient (Wildman–Crippen LogP) is 4.54. The molecule has 180 valence electrons. The maximum absolute atomic E-state index is 12.9. The number of thiazole rings is 1. The van der Waals surface area contributed by atoms with E-state index < -0.39 is 0 Å². The van der Waals surface area contributed by atoms with Crippen LogP contribution in [-0.2, 0) is 4.79 Å². The number of rotatable bonds is 6. The number of fused-ring (bicyclic) bond motifs is 1. The number of aryl methyl sites for hydroxylation is 1. The third kappa shape index (κ3) is 5.02. The lowest BCUT2D eigenvalue weighted by molar-refractivity contribution is -0.121. The van der Waals surface area contributed by atoms with Gasteiger partial charge in [0.25, 0.3) is 5.91 Å². The van der Waals surface area contributed by atoms with Crippen molar-refractivity contribution in [3.63, 3.8) is 0 Å². The highest BCUT2D eigenvalue weighted by atomic mass is 32.1. The van der Waals surface area contributed by atoms with E-state index in [9.17, 15) is 9.59 Å². The summed E-state index contributed by atoms with van der Waals surface area (Å²) in [7, 11) is 0. The minimum absolute atomic E-state index is 0.0454. The molecule has 0 atom stereocenters. The second-order valence-corrected chi connectivity index (χ2v) is 9.38. The molecule has 2 amide bonds. The van der Waals surface area contributed by atoms with Crippen LogP contribution in [0.25, 0.3) is 21.6 Å². The molecule has 3 heterocycles. The maximum Gasteiger partial charge on any atom is 0.253 e. The van der Waals surface area contributed by atoms with Gasteiger partial charge in [0, 0.05) is 37.1 Å². The van der Waals surface area contributed by atoms with Crippen molar-refractivity contribution >= 4 is 38.5 Å². The molecule has 10 heteroatoms. The Morgan fingerprint density at radius 1 is 1.14 bits per heavy atom. The van der Waals surface area contributed by atoms with Gasteiger partial charge in [-0.15, -0.1) is 0 Å². The number of hydrogen-bond acceptors (Lipinski definition) is 8. The Kier molecular flexibility index (Phi) is 6.45. The maximum atomic E-state index is 12.9. The molecule has 1 N–H and O–H groups in total. The fourth-order valence-corrected chi connectivity index (χ4v) is 5.03. The number of piperidine rings is 1. The summed E-state index contributed by atoms with van der Waals surface area (Å²) in [6.07, 6.45) is 1.22. The molecule has 2 aromatic heterocycles. The average Bonchev–Trinajstić information content (AvgIpc) is 3.49. The molecule has 0 radical (unpaired) electrons. The number of carbonyl (C=O) groups excluding carboxylic acids is 2. The van der Waals surface area contributed by atoms with E-state index in [1.165, 1.54) is 11.3 Å². The zero-order valence-corrected chi connectivity index (χ0v) is 20.3. The van der Waals surface area contributed by atoms with Gasteiger partial charge in [-0.25, -0.2) is 4.98 Å². The third-order valence-electron chi connectivity index (χ3n) is 5.97. The second kappa shape index (κ2) is 9.83. The largest absolute Gasteiger partial charge is 0.494 e. The van der Waals surface area contributed by atoms with Gasteiger partial charge in [0.15, 0.2) is 5.13 Å². The molecule has 0 saturated carbocycles. The molecule has 0 aliphatic carbocycles. The first-order chi connectivity index (χ1) is 17.0. The van der Waals surface area contributed by atoms with Crippen molar-refractivity contribution in [3.8, 4) is 17.1 Å². The summed E-state index contributed by atoms with van der Waals surface area (Å²) in [5.74, 6) is 1.52. The first-order valence-corrected chi connectivity index (χ1v) is 12.4. The number of amides is 2. The van der Waals surface area contributed by atoms with Crippen LogP contribution in [0, 0.1) is 12.8 Å². The molecular formula is C25H25N5O4S. The quantitative estimate of drug-likeness (QED) is 0.421. The fraction of sp³-hybridized carbons (Fsp3) is 0.320. The number of aromatic nitrogens is 3. The molecule has 1 aliphatic heterocycles. The first-order valence-electron chi connectivity index (χ1n) is 11.5. The molecule has 1 fully saturated rings. The minimum atomic E-state index is -0.158. The van der Waals surface area contributed by atoms with Crippen molar-refractivity contribution in [2.75, 3.05) is 25.0 Å². The summed E-state index contributed by atoms with van der Waals surface area (Å²) in [5.41, 5.74) is 2.21. The van der Waals surface area contributed by atoms with Gasteiger partial charge in [0.05, 0.1) is 16.8 Å². The molecule has 0 unspecified atom stereocenters. The summed E-state index contributed by atoms with van der Waals surface area (Å²) in [6, 6.07) is 12.9. The first kappa shape index (κ1) is 23.0. The molecule has 0 bridgehead atoms. The van der Waals surface area contributed by atoms with Crippen LogP contribution < -0.4 is 10.1 Å². The van der Waals surface area contributed by atoms with E-state index >= 15 is 0 Å². The highest BCUT2D eigenvalue weighted by Gasteiger charge is 2.28. The third-order valence-corrected chi connectivity index (χ3v) is 6.91. The van der Waals surface area contributed by atoms with E-state index in [-0.39, 0.29) is 17.7 Å². The number of likely N-dealkylation sites (tertiary alicyclic amines) is 1. The van der Waals surface area contributed by atoms with Crippen molar-refractivity contribution in [3.05, 3.63) is 53.9 Å². The molecule has 4 aromatic rings. The van der Waals surface area contributed by atoms with Crippen LogP contribution in [0.5, 0.6) is 5.75 Å². The number of carbonyl (C=O) groups is 2. The lowest BCUT2D eigenvalue weighted by Gasteiger charge is -2.31. The SMILES string of the molecule is CCOc1ccc2nc(NC(=O)C3CCN(C(=O)c4ccc(-c5noc(C)n5)cc4)CC3)sc2c1. The number of ether oxygens (including phenoxy) is 1. The van der Waals surface area contributed by atoms with Crippen molar-refractivity contribution in [1.29, 1.82) is 0 Å². The Hall–Kier alpha value is -3.79. The predicted molar refractivity (Wildman–Crippen MR) is 133 cm³/mol. The van der Waals surface area contributed by atoms with E-state index in [0.717, 1.165) is 21.5 Å². The van der Waals surface area contributed by atoms with E-state index in [4.69, 9.17) is 9.26 Å². The topological polar surface area (TPSA) is 110 Å². The molecule has 1 saturated heterocycles. The Balaban J connectivity index is 1.16. The van der Waals surface area contributed by atoms with Gasteiger partial charge in [-0.05, 0) is 50.1 Å². The number of nitrogens with zero attached hydrogens (tertiary/aromatic N) is 4. The molecule has 5 rings (SSSR count). The molecular weight excluding hydrogens is 466 g/mol. The Morgan fingerprint density at radius 2 is 1.91 bits per heavy atom. The van der Waals surface area contributed by atoms with Gasteiger partial charge < -0.3 is 19.5 Å². The summed E-state index contributed by atoms with van der Waals surface area (Å²) in [6.45, 7) is 5.33. The summed E-state index contributed by atoms with van der Waals surface area (Å²) in [4.78, 5) is 36.3. The van der Waals surface area contributed by atoms with Crippen LogP contribution in [0.1, 0.15) is 36.0 Å². The number of nitrogens with one attached hydrogen (secondary N) is 1. The van der Waals surface area contributed by atoms with Gasteiger partial charge in [0.1, 0.15) is 5.75 Å². The number of anilines is 1. The van der Waals surface area contributed by atoms with Crippen molar-refractivity contribution < 1.29 is 18.8 Å². The monoisotopic (exact) mass is 491 g/mol. The van der Waals surface area contributed by atoms with Crippen LogP contribution in [0.4, 0.5) is 5.13 Å². The highest BCUT2D eigenvalue weighted by Crippen LogP contribution is 2.30. The van der Waals surface area contributed by atoms with Gasteiger partial charge in [0.2, 0.25) is 17.6 Å². The van der Waals surface area contributed by atoms with Crippen LogP contribution in [0.15, 0.2) is 47.0 Å². The Morgan fingerprint density at radius 3 is 2.60 bits per heavy atom. The van der Waals surface area contributed by atoms with E-state index in [2.05, 4.69) is 20.4 Å². The van der Waals surface area contributed by atoms with E-state index in [0.29, 0.717) is 54.9 Å². The molecule has 0 spiro atoms. The molecule has 9 nitrogen and oxygen atoms in total. The molecule has 1 aliphatic rings. The number of hydrogen-bond donors (Lipinski definition) is 1. The van der Waals surface area contributed by atoms with E-state index in [1.54, 1.807) is 24.0 Å². The van der Waals surface area contributed by atoms with Crippen molar-refractivity contribution in [2.24, 2.45) is 5.92 Å². The van der Waals surface area contributed by atoms with Crippen molar-refractivity contribution in [1.82, 2.24) is 20.0 Å². The summed E-state index contributed by atoms with van der Waals surface area (Å²) >= 11 is 1.43. The zero-order valence-electron chi connectivity index (χ0n) is 19.5. The zero-order chi connectivity index (χ0) is 24.4. The smallest absolute Gasteiger partial charge is 0.253 e. The van der Waals surface area contributed by atoms with Crippen LogP contribution >= 0.6 is 11.3 Å². The van der Waals surface area contributed by atoms with Gasteiger partial charge in [-0.2, -0.15) is 4.98 Å². The highest BCUT2D eigenvalue weighted by molar-refractivity contribution is 7.22. The standard InChI is InChI=1S/C25H25N5O4S/c1-3-33-19-8-9-20-21(14-19)35-25(27-20)28-23(31)17-10-12-30(13-11-17)24(32)18-6-4-16(5-7-18)22-26-15(2)34-29-22/h4-9,14,17H,3,10-13H2,1-2H3,(H,27,28,31). The number of benzene rings is 2. The lowest BCUT2D eigenvalue weighted by Crippen LogP contribution is -2.41. The normalized spacial score (nSPS) is 14.3. The minimum Gasteiger partial charge on any atom is -0.494 e. The summed E-state index contributed by atoms with van der Waals surface area (Å²) in [5, 5.41) is 7.43. The van der Waals surface area contributed by atoms with Gasteiger partial charge in [-0.3, -0.25) is 9.59 Å². The summed E-state index contributed by atoms with van der Waals surface area (Å²) < 4.78 is 11.5.